The van der Waals surface area contributed by atoms with Gasteiger partial charge in [-0.05, 0) is 24.2 Å². The van der Waals surface area contributed by atoms with Crippen LogP contribution in [0.25, 0.3) is 21.9 Å². The van der Waals surface area contributed by atoms with E-state index in [4.69, 9.17) is 5.73 Å². The number of piperazine rings is 1. The Labute approximate surface area is 170 Å². The molecule has 6 heteroatoms. The van der Waals surface area contributed by atoms with Crippen LogP contribution in [-0.4, -0.2) is 57.6 Å². The average Bonchev–Trinajstić information content (AvgIpc) is 3.15. The number of benzene rings is 2. The molecule has 1 aliphatic heterocycles. The lowest BCUT2D eigenvalue weighted by Gasteiger charge is -2.32. The fourth-order valence-corrected chi connectivity index (χ4v) is 4.21. The molecule has 2 N–H and O–H groups in total. The van der Waals surface area contributed by atoms with Gasteiger partial charge in [-0.15, -0.1) is 0 Å². The molecule has 6 nitrogen and oxygen atoms in total. The third-order valence-electron chi connectivity index (χ3n) is 5.83. The van der Waals surface area contributed by atoms with E-state index in [0.717, 1.165) is 61.2 Å². The number of rotatable bonds is 4. The number of imidazole rings is 1. The van der Waals surface area contributed by atoms with Crippen LogP contribution in [-0.2, 0) is 13.1 Å². The first-order valence-corrected chi connectivity index (χ1v) is 10.1. The van der Waals surface area contributed by atoms with Crippen molar-refractivity contribution >= 4 is 27.8 Å². The molecule has 0 amide bonds. The Bertz CT molecular complexity index is 1160. The van der Waals surface area contributed by atoms with Gasteiger partial charge < -0.3 is 15.2 Å². The second-order valence-electron chi connectivity index (χ2n) is 7.98. The van der Waals surface area contributed by atoms with Crippen molar-refractivity contribution in [3.8, 4) is 0 Å². The summed E-state index contributed by atoms with van der Waals surface area (Å²) < 4.78 is 2.19. The minimum Gasteiger partial charge on any atom is -0.382 e. The van der Waals surface area contributed by atoms with Crippen LogP contribution in [0, 0.1) is 0 Å². The molecule has 4 aromatic rings. The van der Waals surface area contributed by atoms with Gasteiger partial charge in [0.05, 0.1) is 17.4 Å². The van der Waals surface area contributed by atoms with Crippen molar-refractivity contribution in [2.45, 2.75) is 13.1 Å². The van der Waals surface area contributed by atoms with E-state index in [1.54, 1.807) is 0 Å². The number of hydrogen-bond acceptors (Lipinski definition) is 5. The van der Waals surface area contributed by atoms with Crippen molar-refractivity contribution in [3.63, 3.8) is 0 Å². The third-order valence-corrected chi connectivity index (χ3v) is 5.83. The molecule has 1 aliphatic rings. The summed E-state index contributed by atoms with van der Waals surface area (Å²) in [4.78, 5) is 14.0. The van der Waals surface area contributed by atoms with Gasteiger partial charge in [0.15, 0.2) is 5.82 Å². The maximum atomic E-state index is 6.17. The number of nitrogens with two attached hydrogens (primary N) is 1. The van der Waals surface area contributed by atoms with E-state index in [9.17, 15) is 0 Å². The highest BCUT2D eigenvalue weighted by Crippen LogP contribution is 2.27. The first-order chi connectivity index (χ1) is 14.2. The molecule has 0 bridgehead atoms. The zero-order chi connectivity index (χ0) is 19.8. The largest absolute Gasteiger partial charge is 0.382 e. The molecule has 29 heavy (non-hydrogen) atoms. The van der Waals surface area contributed by atoms with Gasteiger partial charge in [0, 0.05) is 44.7 Å². The van der Waals surface area contributed by atoms with Gasteiger partial charge in [-0.3, -0.25) is 4.90 Å². The second-order valence-corrected chi connectivity index (χ2v) is 7.98. The van der Waals surface area contributed by atoms with Crippen molar-refractivity contribution in [1.82, 2.24) is 24.3 Å². The zero-order valence-corrected chi connectivity index (χ0v) is 16.8. The molecule has 1 saturated heterocycles. The number of likely N-dealkylation sites (N-methyl/N-ethyl adjacent to an activating group) is 1. The smallest absolute Gasteiger partial charge is 0.152 e. The SMILES string of the molecule is CN1CCN(Cc2cccc(Cn3cnc4c(N)nc5ccccc5c43)c2)CC1. The molecule has 0 unspecified atom stereocenters. The molecule has 0 saturated carbocycles. The van der Waals surface area contributed by atoms with Crippen LogP contribution in [0.15, 0.2) is 54.9 Å². The van der Waals surface area contributed by atoms with Crippen LogP contribution in [0.3, 0.4) is 0 Å². The lowest BCUT2D eigenvalue weighted by atomic mass is 10.1. The number of anilines is 1. The average molecular weight is 387 g/mol. The summed E-state index contributed by atoms with van der Waals surface area (Å²) in [5.41, 5.74) is 11.5. The van der Waals surface area contributed by atoms with E-state index in [1.807, 2.05) is 24.5 Å². The minimum atomic E-state index is 0.487. The monoisotopic (exact) mass is 386 g/mol. The standard InChI is InChI=1S/C23H26N6/c1-27-9-11-28(12-10-27)14-17-5-4-6-18(13-17)15-29-16-25-21-22(29)19-7-2-3-8-20(19)26-23(21)24/h2-8,13,16H,9-12,14-15H2,1H3,(H2,24,26). The summed E-state index contributed by atoms with van der Waals surface area (Å²) >= 11 is 0. The quantitative estimate of drug-likeness (QED) is 0.584. The molecule has 0 radical (unpaired) electrons. The van der Waals surface area contributed by atoms with Crippen LogP contribution in [0.5, 0.6) is 0 Å². The van der Waals surface area contributed by atoms with E-state index in [2.05, 4.69) is 61.7 Å². The lowest BCUT2D eigenvalue weighted by Crippen LogP contribution is -2.43. The Balaban J connectivity index is 1.44. The summed E-state index contributed by atoms with van der Waals surface area (Å²) in [6.45, 7) is 6.31. The Kier molecular flexibility index (Phi) is 4.66. The Morgan fingerprint density at radius 3 is 2.52 bits per heavy atom. The maximum Gasteiger partial charge on any atom is 0.152 e. The molecule has 2 aromatic carbocycles. The van der Waals surface area contributed by atoms with Crippen molar-refractivity contribution in [1.29, 1.82) is 0 Å². The number of pyridine rings is 1. The minimum absolute atomic E-state index is 0.487. The van der Waals surface area contributed by atoms with Crippen LogP contribution < -0.4 is 5.73 Å². The summed E-state index contributed by atoms with van der Waals surface area (Å²) in [7, 11) is 2.19. The zero-order valence-electron chi connectivity index (χ0n) is 16.8. The third kappa shape index (κ3) is 3.57. The Morgan fingerprint density at radius 2 is 1.69 bits per heavy atom. The summed E-state index contributed by atoms with van der Waals surface area (Å²) in [5, 5.41) is 1.09. The van der Waals surface area contributed by atoms with Gasteiger partial charge in [0.25, 0.3) is 0 Å². The fraction of sp³-hybridized carbons (Fsp3) is 0.304. The summed E-state index contributed by atoms with van der Waals surface area (Å²) in [5.74, 6) is 0.487. The van der Waals surface area contributed by atoms with Gasteiger partial charge in [-0.25, -0.2) is 9.97 Å². The number of aromatic nitrogens is 3. The highest BCUT2D eigenvalue weighted by atomic mass is 15.2. The van der Waals surface area contributed by atoms with Crippen molar-refractivity contribution in [2.24, 2.45) is 0 Å². The lowest BCUT2D eigenvalue weighted by molar-refractivity contribution is 0.148. The molecule has 1 fully saturated rings. The van der Waals surface area contributed by atoms with E-state index < -0.39 is 0 Å². The second kappa shape index (κ2) is 7.46. The van der Waals surface area contributed by atoms with Crippen LogP contribution in [0.4, 0.5) is 5.82 Å². The van der Waals surface area contributed by atoms with Crippen molar-refractivity contribution in [2.75, 3.05) is 39.0 Å². The van der Waals surface area contributed by atoms with Crippen LogP contribution in [0.2, 0.25) is 0 Å². The number of nitrogens with zero attached hydrogens (tertiary/aromatic N) is 5. The van der Waals surface area contributed by atoms with Gasteiger partial charge in [-0.2, -0.15) is 0 Å². The van der Waals surface area contributed by atoms with Crippen LogP contribution >= 0.6 is 0 Å². The van der Waals surface area contributed by atoms with Gasteiger partial charge >= 0.3 is 0 Å². The van der Waals surface area contributed by atoms with E-state index in [1.165, 1.54) is 11.1 Å². The molecule has 0 atom stereocenters. The van der Waals surface area contributed by atoms with E-state index in [-0.39, 0.29) is 0 Å². The predicted molar refractivity (Wildman–Crippen MR) is 118 cm³/mol. The molecule has 2 aromatic heterocycles. The molecule has 0 spiro atoms. The number of nitrogen functional groups attached to an aromatic ring is 1. The fourth-order valence-electron chi connectivity index (χ4n) is 4.21. The molecule has 5 rings (SSSR count). The number of fused-ring (bicyclic) bond motifs is 3. The highest BCUT2D eigenvalue weighted by molar-refractivity contribution is 6.06. The first-order valence-electron chi connectivity index (χ1n) is 10.1. The summed E-state index contributed by atoms with van der Waals surface area (Å²) in [6.07, 6.45) is 1.88. The maximum absolute atomic E-state index is 6.17. The Morgan fingerprint density at radius 1 is 0.931 bits per heavy atom. The van der Waals surface area contributed by atoms with Crippen molar-refractivity contribution < 1.29 is 0 Å². The highest BCUT2D eigenvalue weighted by Gasteiger charge is 2.15. The van der Waals surface area contributed by atoms with Crippen LogP contribution in [0.1, 0.15) is 11.1 Å². The van der Waals surface area contributed by atoms with Gasteiger partial charge in [0.1, 0.15) is 5.52 Å². The number of para-hydroxylation sites is 1. The summed E-state index contributed by atoms with van der Waals surface area (Å²) in [6, 6.07) is 17.0. The first kappa shape index (κ1) is 18.1. The molecule has 0 aliphatic carbocycles. The van der Waals surface area contributed by atoms with Gasteiger partial charge in [0.2, 0.25) is 0 Å². The molecular weight excluding hydrogens is 360 g/mol. The van der Waals surface area contributed by atoms with Gasteiger partial charge in [-0.1, -0.05) is 42.5 Å². The molecular formula is C23H26N6. The molecule has 148 valence electrons. The van der Waals surface area contributed by atoms with E-state index in [0.29, 0.717) is 5.82 Å². The topological polar surface area (TPSA) is 63.2 Å². The van der Waals surface area contributed by atoms with E-state index >= 15 is 0 Å². The molecule has 3 heterocycles. The predicted octanol–water partition coefficient (Wildman–Crippen LogP) is 2.96. The van der Waals surface area contributed by atoms with Crippen molar-refractivity contribution in [3.05, 3.63) is 66.0 Å². The normalized spacial score (nSPS) is 16.0. The Hall–Kier alpha value is -2.96. The number of hydrogen-bond donors (Lipinski definition) is 1.